The van der Waals surface area contributed by atoms with Crippen LogP contribution in [0.15, 0.2) is 54.1 Å². The lowest BCUT2D eigenvalue weighted by molar-refractivity contribution is 0.0600. The Morgan fingerprint density at radius 3 is 2.66 bits per heavy atom. The van der Waals surface area contributed by atoms with Crippen LogP contribution in [0.2, 0.25) is 0 Å². The Bertz CT molecular complexity index is 872. The van der Waals surface area contributed by atoms with Crippen molar-refractivity contribution in [2.45, 2.75) is 25.2 Å². The van der Waals surface area contributed by atoms with Crippen LogP contribution in [0.25, 0.3) is 6.08 Å². The molecule has 4 heteroatoms. The number of carbonyl (C=O) groups excluding carboxylic acids is 1. The molecular formula is C25H31NO3. The minimum absolute atomic E-state index is 0.297. The van der Waals surface area contributed by atoms with E-state index in [1.807, 2.05) is 24.3 Å². The van der Waals surface area contributed by atoms with Crippen molar-refractivity contribution in [1.82, 2.24) is 4.90 Å². The molecule has 0 aliphatic heterocycles. The van der Waals surface area contributed by atoms with Crippen molar-refractivity contribution >= 4 is 12.0 Å². The van der Waals surface area contributed by atoms with Gasteiger partial charge in [0.15, 0.2) is 0 Å². The van der Waals surface area contributed by atoms with E-state index in [2.05, 4.69) is 43.3 Å². The fourth-order valence-electron chi connectivity index (χ4n) is 4.31. The lowest BCUT2D eigenvalue weighted by Crippen LogP contribution is -2.29. The maximum atomic E-state index is 11.8. The number of benzene rings is 2. The van der Waals surface area contributed by atoms with Gasteiger partial charge >= 0.3 is 5.97 Å². The van der Waals surface area contributed by atoms with Crippen molar-refractivity contribution in [3.05, 3.63) is 70.8 Å². The van der Waals surface area contributed by atoms with Gasteiger partial charge in [-0.2, -0.15) is 0 Å². The summed E-state index contributed by atoms with van der Waals surface area (Å²) in [4.78, 5) is 14.1. The molecule has 0 saturated heterocycles. The second kappa shape index (κ2) is 9.75. The number of allylic oxidation sites excluding steroid dienone is 1. The summed E-state index contributed by atoms with van der Waals surface area (Å²) in [5, 5.41) is 0. The van der Waals surface area contributed by atoms with E-state index in [1.165, 1.54) is 18.2 Å². The summed E-state index contributed by atoms with van der Waals surface area (Å²) in [7, 11) is 7.42. The number of carbonyl (C=O) groups is 1. The standard InChI is InChI=1S/C25H31NO3/c1-26(2)17-22-12-11-19(13-18-7-5-9-21(14-18)25(27)29-4)15-24(22)20-8-6-10-23(16-20)28-3/h5-10,13-14,16,22,24H,11-12,15,17H2,1-4H3/t22-,24-/m0/s1. The lowest BCUT2D eigenvalue weighted by atomic mass is 9.73. The summed E-state index contributed by atoms with van der Waals surface area (Å²) in [6, 6.07) is 16.1. The van der Waals surface area contributed by atoms with Gasteiger partial charge in [-0.05, 0) is 80.6 Å². The molecule has 4 nitrogen and oxygen atoms in total. The van der Waals surface area contributed by atoms with E-state index in [4.69, 9.17) is 9.47 Å². The molecule has 0 amide bonds. The second-order valence-electron chi connectivity index (χ2n) is 8.07. The van der Waals surface area contributed by atoms with Crippen LogP contribution in [-0.4, -0.2) is 45.7 Å². The van der Waals surface area contributed by atoms with Crippen LogP contribution in [0.3, 0.4) is 0 Å². The second-order valence-corrected chi connectivity index (χ2v) is 8.07. The van der Waals surface area contributed by atoms with Crippen molar-refractivity contribution in [3.63, 3.8) is 0 Å². The highest BCUT2D eigenvalue weighted by molar-refractivity contribution is 5.90. The summed E-state index contributed by atoms with van der Waals surface area (Å²) in [5.41, 5.74) is 4.41. The summed E-state index contributed by atoms with van der Waals surface area (Å²) in [6.07, 6.45) is 5.50. The third-order valence-corrected chi connectivity index (χ3v) is 5.69. The number of ether oxygens (including phenoxy) is 2. The molecule has 0 bridgehead atoms. The summed E-state index contributed by atoms with van der Waals surface area (Å²) in [5.74, 6) is 1.68. The first kappa shape index (κ1) is 21.1. The van der Waals surface area contributed by atoms with Gasteiger partial charge in [0, 0.05) is 6.54 Å². The SMILES string of the molecule is COC(=O)c1cccc(C=C2CC[C@@H](CN(C)C)[C@H](c3cccc(OC)c3)C2)c1. The average Bonchev–Trinajstić information content (AvgIpc) is 2.74. The number of rotatable bonds is 6. The predicted octanol–water partition coefficient (Wildman–Crippen LogP) is 5.01. The van der Waals surface area contributed by atoms with Gasteiger partial charge in [-0.25, -0.2) is 4.79 Å². The highest BCUT2D eigenvalue weighted by atomic mass is 16.5. The first-order valence-corrected chi connectivity index (χ1v) is 10.2. The number of esters is 1. The largest absolute Gasteiger partial charge is 0.497 e. The zero-order chi connectivity index (χ0) is 20.8. The third kappa shape index (κ3) is 5.48. The van der Waals surface area contributed by atoms with Gasteiger partial charge in [0.2, 0.25) is 0 Å². The van der Waals surface area contributed by atoms with Crippen LogP contribution >= 0.6 is 0 Å². The molecule has 1 aliphatic carbocycles. The Kier molecular flexibility index (Phi) is 7.10. The van der Waals surface area contributed by atoms with E-state index < -0.39 is 0 Å². The molecule has 0 heterocycles. The van der Waals surface area contributed by atoms with E-state index >= 15 is 0 Å². The normalized spacial score (nSPS) is 20.7. The molecule has 0 aromatic heterocycles. The Balaban J connectivity index is 1.87. The summed E-state index contributed by atoms with van der Waals surface area (Å²) >= 11 is 0. The Morgan fingerprint density at radius 2 is 1.93 bits per heavy atom. The number of methoxy groups -OCH3 is 2. The average molecular weight is 394 g/mol. The number of nitrogens with zero attached hydrogens (tertiary/aromatic N) is 1. The van der Waals surface area contributed by atoms with Gasteiger partial charge < -0.3 is 14.4 Å². The monoisotopic (exact) mass is 393 g/mol. The predicted molar refractivity (Wildman–Crippen MR) is 117 cm³/mol. The van der Waals surface area contributed by atoms with Gasteiger partial charge in [0.05, 0.1) is 19.8 Å². The minimum Gasteiger partial charge on any atom is -0.497 e. The van der Waals surface area contributed by atoms with Crippen molar-refractivity contribution in [2.75, 3.05) is 34.9 Å². The topological polar surface area (TPSA) is 38.8 Å². The lowest BCUT2D eigenvalue weighted by Gasteiger charge is -2.35. The van der Waals surface area contributed by atoms with Gasteiger partial charge in [-0.15, -0.1) is 0 Å². The third-order valence-electron chi connectivity index (χ3n) is 5.69. The molecule has 154 valence electrons. The molecule has 1 saturated carbocycles. The molecule has 2 aromatic carbocycles. The van der Waals surface area contributed by atoms with Crippen molar-refractivity contribution in [3.8, 4) is 5.75 Å². The first-order valence-electron chi connectivity index (χ1n) is 10.2. The highest BCUT2D eigenvalue weighted by Crippen LogP contribution is 2.42. The Morgan fingerprint density at radius 1 is 1.14 bits per heavy atom. The zero-order valence-electron chi connectivity index (χ0n) is 17.9. The fourth-order valence-corrected chi connectivity index (χ4v) is 4.31. The van der Waals surface area contributed by atoms with Crippen LogP contribution in [-0.2, 0) is 4.74 Å². The maximum Gasteiger partial charge on any atom is 0.337 e. The van der Waals surface area contributed by atoms with Gasteiger partial charge in [-0.3, -0.25) is 0 Å². The van der Waals surface area contributed by atoms with Gasteiger partial charge in [0.1, 0.15) is 5.75 Å². The van der Waals surface area contributed by atoms with Crippen molar-refractivity contribution < 1.29 is 14.3 Å². The smallest absolute Gasteiger partial charge is 0.337 e. The maximum absolute atomic E-state index is 11.8. The van der Waals surface area contributed by atoms with Crippen molar-refractivity contribution in [1.29, 1.82) is 0 Å². The van der Waals surface area contributed by atoms with Gasteiger partial charge in [-0.1, -0.05) is 35.9 Å². The fraction of sp³-hybridized carbons (Fsp3) is 0.400. The molecular weight excluding hydrogens is 362 g/mol. The molecule has 0 spiro atoms. The summed E-state index contributed by atoms with van der Waals surface area (Å²) in [6.45, 7) is 1.08. The van der Waals surface area contributed by atoms with Gasteiger partial charge in [0.25, 0.3) is 0 Å². The summed E-state index contributed by atoms with van der Waals surface area (Å²) < 4.78 is 10.3. The Labute approximate surface area is 174 Å². The molecule has 29 heavy (non-hydrogen) atoms. The van der Waals surface area contributed by atoms with E-state index in [-0.39, 0.29) is 5.97 Å². The van der Waals surface area contributed by atoms with Crippen LogP contribution in [0.4, 0.5) is 0 Å². The highest BCUT2D eigenvalue weighted by Gasteiger charge is 2.29. The minimum atomic E-state index is -0.297. The Hall–Kier alpha value is -2.59. The molecule has 0 radical (unpaired) electrons. The molecule has 1 fully saturated rings. The molecule has 1 aliphatic rings. The van der Waals surface area contributed by atoms with E-state index in [9.17, 15) is 4.79 Å². The molecule has 0 unspecified atom stereocenters. The van der Waals surface area contributed by atoms with E-state index in [0.717, 1.165) is 37.1 Å². The molecule has 2 aromatic rings. The van der Waals surface area contributed by atoms with Crippen molar-refractivity contribution in [2.24, 2.45) is 5.92 Å². The molecule has 2 atom stereocenters. The number of hydrogen-bond donors (Lipinski definition) is 0. The van der Waals surface area contributed by atoms with Crippen LogP contribution in [0.5, 0.6) is 5.75 Å². The van der Waals surface area contributed by atoms with Crippen LogP contribution in [0, 0.1) is 5.92 Å². The van der Waals surface area contributed by atoms with Crippen LogP contribution in [0.1, 0.15) is 46.7 Å². The number of hydrogen-bond acceptors (Lipinski definition) is 4. The molecule has 0 N–H and O–H groups in total. The molecule has 3 rings (SSSR count). The first-order chi connectivity index (χ1) is 14.0. The van der Waals surface area contributed by atoms with E-state index in [0.29, 0.717) is 17.4 Å². The zero-order valence-corrected chi connectivity index (χ0v) is 17.9. The quantitative estimate of drug-likeness (QED) is 0.647. The van der Waals surface area contributed by atoms with Crippen LogP contribution < -0.4 is 4.74 Å². The van der Waals surface area contributed by atoms with E-state index in [1.54, 1.807) is 13.2 Å².